The van der Waals surface area contributed by atoms with Gasteiger partial charge in [0.25, 0.3) is 5.91 Å². The van der Waals surface area contributed by atoms with Crippen LogP contribution in [0.4, 0.5) is 4.39 Å². The molecular formula is C19H19FN2O2. The lowest BCUT2D eigenvalue weighted by Crippen LogP contribution is -2.47. The summed E-state index contributed by atoms with van der Waals surface area (Å²) in [6.07, 6.45) is 2.23. The average molecular weight is 326 g/mol. The average Bonchev–Trinajstić information content (AvgIpc) is 3.20. The van der Waals surface area contributed by atoms with Gasteiger partial charge in [-0.1, -0.05) is 0 Å². The van der Waals surface area contributed by atoms with Gasteiger partial charge in [-0.25, -0.2) is 4.39 Å². The lowest BCUT2D eigenvalue weighted by atomic mass is 10.1. The Balaban J connectivity index is 1.38. The van der Waals surface area contributed by atoms with Gasteiger partial charge in [0.15, 0.2) is 0 Å². The van der Waals surface area contributed by atoms with Crippen molar-refractivity contribution in [3.8, 4) is 11.5 Å². The zero-order chi connectivity index (χ0) is 16.5. The van der Waals surface area contributed by atoms with E-state index in [4.69, 9.17) is 4.74 Å². The molecule has 0 radical (unpaired) electrons. The first-order chi connectivity index (χ1) is 11.7. The Hall–Kier alpha value is -2.40. The maximum Gasteiger partial charge on any atom is 0.251 e. The van der Waals surface area contributed by atoms with E-state index in [1.165, 1.54) is 12.1 Å². The summed E-state index contributed by atoms with van der Waals surface area (Å²) in [5.74, 6) is 1.51. The van der Waals surface area contributed by atoms with E-state index in [2.05, 4.69) is 10.6 Å². The second-order valence-corrected chi connectivity index (χ2v) is 6.51. The molecule has 0 aromatic heterocycles. The smallest absolute Gasteiger partial charge is 0.251 e. The number of hydrogen-bond donors (Lipinski definition) is 2. The zero-order valence-electron chi connectivity index (χ0n) is 13.2. The fraction of sp³-hybridized carbons (Fsp3) is 0.316. The molecule has 3 unspecified atom stereocenters. The van der Waals surface area contributed by atoms with Crippen LogP contribution in [0.3, 0.4) is 0 Å². The summed E-state index contributed by atoms with van der Waals surface area (Å²) in [4.78, 5) is 12.4. The van der Waals surface area contributed by atoms with Crippen molar-refractivity contribution in [2.45, 2.75) is 24.9 Å². The van der Waals surface area contributed by atoms with Crippen molar-refractivity contribution in [2.75, 3.05) is 6.54 Å². The van der Waals surface area contributed by atoms with Crippen LogP contribution in [0, 0.1) is 11.7 Å². The zero-order valence-corrected chi connectivity index (χ0v) is 13.2. The van der Waals surface area contributed by atoms with Crippen LogP contribution in [-0.2, 0) is 0 Å². The number of piperidine rings is 1. The largest absolute Gasteiger partial charge is 0.457 e. The maximum absolute atomic E-state index is 12.9. The standard InChI is InChI=1S/C19H19FN2O2/c20-14-3-7-16(8-4-14)24-15-5-1-13(2-6-15)19(23)22-18-10-12-9-17(18)21-11-12/h1-8,12,17-18,21H,9-11H2,(H,22,23). The quantitative estimate of drug-likeness (QED) is 0.908. The number of carbonyl (C=O) groups excluding carboxylic acids is 1. The van der Waals surface area contributed by atoms with Gasteiger partial charge in [-0.15, -0.1) is 0 Å². The van der Waals surface area contributed by atoms with E-state index >= 15 is 0 Å². The highest BCUT2D eigenvalue weighted by molar-refractivity contribution is 5.94. The first-order valence-electron chi connectivity index (χ1n) is 8.25. The summed E-state index contributed by atoms with van der Waals surface area (Å²) in [6, 6.07) is 13.5. The molecule has 0 spiro atoms. The van der Waals surface area contributed by atoms with Crippen LogP contribution in [0.1, 0.15) is 23.2 Å². The van der Waals surface area contributed by atoms with Gasteiger partial charge in [0.1, 0.15) is 17.3 Å². The molecule has 1 amide bonds. The van der Waals surface area contributed by atoms with Crippen molar-refractivity contribution in [3.63, 3.8) is 0 Å². The van der Waals surface area contributed by atoms with Crippen LogP contribution in [0.2, 0.25) is 0 Å². The summed E-state index contributed by atoms with van der Waals surface area (Å²) in [5, 5.41) is 6.56. The van der Waals surface area contributed by atoms with Crippen molar-refractivity contribution in [1.82, 2.24) is 10.6 Å². The highest BCUT2D eigenvalue weighted by Crippen LogP contribution is 2.31. The Labute approximate surface area is 140 Å². The van der Waals surface area contributed by atoms with E-state index in [1.807, 2.05) is 0 Å². The molecule has 4 nitrogen and oxygen atoms in total. The normalized spacial score (nSPS) is 24.8. The molecule has 24 heavy (non-hydrogen) atoms. The van der Waals surface area contributed by atoms with Gasteiger partial charge in [-0.05, 0) is 73.8 Å². The molecule has 2 fully saturated rings. The number of halogens is 1. The van der Waals surface area contributed by atoms with Crippen LogP contribution in [0.15, 0.2) is 48.5 Å². The van der Waals surface area contributed by atoms with Crippen LogP contribution < -0.4 is 15.4 Å². The summed E-state index contributed by atoms with van der Waals surface area (Å²) < 4.78 is 18.5. The van der Waals surface area contributed by atoms with Gasteiger partial charge < -0.3 is 15.4 Å². The van der Waals surface area contributed by atoms with E-state index in [9.17, 15) is 9.18 Å². The Kier molecular flexibility index (Phi) is 3.94. The van der Waals surface area contributed by atoms with Crippen molar-refractivity contribution in [3.05, 3.63) is 59.9 Å². The van der Waals surface area contributed by atoms with Crippen molar-refractivity contribution >= 4 is 5.91 Å². The lowest BCUT2D eigenvalue weighted by Gasteiger charge is -2.24. The number of rotatable bonds is 4. The predicted molar refractivity (Wildman–Crippen MR) is 88.7 cm³/mol. The van der Waals surface area contributed by atoms with Crippen LogP contribution in [-0.4, -0.2) is 24.5 Å². The highest BCUT2D eigenvalue weighted by Gasteiger charge is 2.39. The summed E-state index contributed by atoms with van der Waals surface area (Å²) >= 11 is 0. The summed E-state index contributed by atoms with van der Waals surface area (Å²) in [6.45, 7) is 1.08. The third kappa shape index (κ3) is 3.12. The fourth-order valence-electron chi connectivity index (χ4n) is 3.58. The van der Waals surface area contributed by atoms with E-state index in [1.54, 1.807) is 36.4 Å². The van der Waals surface area contributed by atoms with E-state index < -0.39 is 0 Å². The highest BCUT2D eigenvalue weighted by atomic mass is 19.1. The molecule has 2 bridgehead atoms. The number of fused-ring (bicyclic) bond motifs is 2. The Morgan fingerprint density at radius 1 is 1.04 bits per heavy atom. The van der Waals surface area contributed by atoms with E-state index in [-0.39, 0.29) is 17.8 Å². The molecule has 4 rings (SSSR count). The predicted octanol–water partition coefficient (Wildman–Crippen LogP) is 3.10. The topological polar surface area (TPSA) is 50.4 Å². The molecule has 3 atom stereocenters. The third-order valence-corrected chi connectivity index (χ3v) is 4.81. The molecule has 2 aromatic rings. The first kappa shape index (κ1) is 15.1. The van der Waals surface area contributed by atoms with Crippen LogP contribution >= 0.6 is 0 Å². The lowest BCUT2D eigenvalue weighted by molar-refractivity contribution is 0.0928. The minimum atomic E-state index is -0.301. The molecular weight excluding hydrogens is 307 g/mol. The van der Waals surface area contributed by atoms with Crippen molar-refractivity contribution < 1.29 is 13.9 Å². The van der Waals surface area contributed by atoms with Gasteiger partial charge >= 0.3 is 0 Å². The minimum Gasteiger partial charge on any atom is -0.457 e. The second-order valence-electron chi connectivity index (χ2n) is 6.51. The monoisotopic (exact) mass is 326 g/mol. The molecule has 2 aliphatic rings. The summed E-state index contributed by atoms with van der Waals surface area (Å²) in [5.41, 5.74) is 0.615. The number of benzene rings is 2. The number of nitrogens with one attached hydrogen (secondary N) is 2. The van der Waals surface area contributed by atoms with E-state index in [0.29, 0.717) is 29.0 Å². The Morgan fingerprint density at radius 3 is 2.29 bits per heavy atom. The van der Waals surface area contributed by atoms with E-state index in [0.717, 1.165) is 19.4 Å². The molecule has 2 aromatic carbocycles. The minimum absolute atomic E-state index is 0.0531. The second kappa shape index (κ2) is 6.24. The number of amides is 1. The number of carbonyl (C=O) groups is 1. The number of ether oxygens (including phenoxy) is 1. The molecule has 1 aliphatic heterocycles. The maximum atomic E-state index is 12.9. The van der Waals surface area contributed by atoms with Gasteiger partial charge in [0.05, 0.1) is 0 Å². The van der Waals surface area contributed by atoms with Crippen LogP contribution in [0.5, 0.6) is 11.5 Å². The third-order valence-electron chi connectivity index (χ3n) is 4.81. The molecule has 1 saturated carbocycles. The Bertz CT molecular complexity index is 730. The molecule has 2 N–H and O–H groups in total. The SMILES string of the molecule is O=C(NC1CC2CNC1C2)c1ccc(Oc2ccc(F)cc2)cc1. The Morgan fingerprint density at radius 2 is 1.71 bits per heavy atom. The van der Waals surface area contributed by atoms with Crippen LogP contribution in [0.25, 0.3) is 0 Å². The molecule has 124 valence electrons. The van der Waals surface area contributed by atoms with Crippen molar-refractivity contribution in [1.29, 1.82) is 0 Å². The van der Waals surface area contributed by atoms with Gasteiger partial charge in [-0.3, -0.25) is 4.79 Å². The van der Waals surface area contributed by atoms with Crippen molar-refractivity contribution in [2.24, 2.45) is 5.92 Å². The van der Waals surface area contributed by atoms with Gasteiger partial charge in [0, 0.05) is 17.6 Å². The molecule has 1 saturated heterocycles. The molecule has 1 heterocycles. The fourth-order valence-corrected chi connectivity index (χ4v) is 3.58. The van der Waals surface area contributed by atoms with Gasteiger partial charge in [-0.2, -0.15) is 0 Å². The molecule has 1 aliphatic carbocycles. The van der Waals surface area contributed by atoms with Gasteiger partial charge in [0.2, 0.25) is 0 Å². The molecule has 5 heteroatoms. The number of hydrogen-bond acceptors (Lipinski definition) is 3. The summed E-state index contributed by atoms with van der Waals surface area (Å²) in [7, 11) is 0. The first-order valence-corrected chi connectivity index (χ1v) is 8.25.